The summed E-state index contributed by atoms with van der Waals surface area (Å²) in [5, 5.41) is 15.9. The average Bonchev–Trinajstić information content (AvgIpc) is 3.05. The van der Waals surface area contributed by atoms with Crippen LogP contribution in [-0.4, -0.2) is 23.0 Å². The molecule has 0 saturated heterocycles. The summed E-state index contributed by atoms with van der Waals surface area (Å²) < 4.78 is 0. The van der Waals surface area contributed by atoms with Gasteiger partial charge in [-0.3, -0.25) is 9.79 Å². The zero-order chi connectivity index (χ0) is 19.4. The molecule has 0 aliphatic carbocycles. The highest BCUT2D eigenvalue weighted by Gasteiger charge is 2.22. The quantitative estimate of drug-likeness (QED) is 0.656. The zero-order valence-corrected chi connectivity index (χ0v) is 16.7. The molecule has 0 amide bonds. The lowest BCUT2D eigenvalue weighted by atomic mass is 10.0. The van der Waals surface area contributed by atoms with Gasteiger partial charge in [0.2, 0.25) is 0 Å². The van der Waals surface area contributed by atoms with Crippen molar-refractivity contribution in [3.8, 4) is 0 Å². The summed E-state index contributed by atoms with van der Waals surface area (Å²) >= 11 is 1.73. The van der Waals surface area contributed by atoms with Crippen LogP contribution in [0.5, 0.6) is 0 Å². The molecule has 27 heavy (non-hydrogen) atoms. The minimum Gasteiger partial charge on any atom is -0.481 e. The Labute approximate surface area is 163 Å². The monoisotopic (exact) mass is 383 g/mol. The number of carbonyl (C=O) groups is 1. The van der Waals surface area contributed by atoms with Crippen molar-refractivity contribution in [2.45, 2.75) is 46.1 Å². The lowest BCUT2D eigenvalue weighted by Crippen LogP contribution is -2.35. The number of carboxylic acid groups (broad SMARTS) is 1. The predicted molar refractivity (Wildman–Crippen MR) is 112 cm³/mol. The highest BCUT2D eigenvalue weighted by Crippen LogP contribution is 2.25. The van der Waals surface area contributed by atoms with Crippen LogP contribution in [-0.2, 0) is 11.2 Å². The lowest BCUT2D eigenvalue weighted by molar-refractivity contribution is -0.136. The average molecular weight is 384 g/mol. The topological polar surface area (TPSA) is 73.7 Å². The molecule has 1 aliphatic rings. The fraction of sp³-hybridized carbons (Fsp3) is 0.333. The molecule has 1 atom stereocenters. The van der Waals surface area contributed by atoms with E-state index in [1.54, 1.807) is 11.3 Å². The van der Waals surface area contributed by atoms with Crippen LogP contribution >= 0.6 is 11.3 Å². The second-order valence-corrected chi connectivity index (χ2v) is 8.02. The van der Waals surface area contributed by atoms with Crippen LogP contribution in [0.2, 0.25) is 0 Å². The smallest absolute Gasteiger partial charge is 0.307 e. The van der Waals surface area contributed by atoms with Crippen LogP contribution in [0.1, 0.15) is 42.0 Å². The molecular weight excluding hydrogens is 358 g/mol. The zero-order valence-electron chi connectivity index (χ0n) is 15.9. The maximum Gasteiger partial charge on any atom is 0.307 e. The number of hydrogen-bond acceptors (Lipinski definition) is 5. The summed E-state index contributed by atoms with van der Waals surface area (Å²) in [7, 11) is 0. The van der Waals surface area contributed by atoms with Crippen molar-refractivity contribution in [2.24, 2.45) is 4.99 Å². The van der Waals surface area contributed by atoms with Gasteiger partial charge in [0.25, 0.3) is 0 Å². The van der Waals surface area contributed by atoms with Gasteiger partial charge in [0.1, 0.15) is 11.7 Å². The molecule has 6 heteroatoms. The molecule has 0 saturated carbocycles. The first kappa shape index (κ1) is 19.2. The summed E-state index contributed by atoms with van der Waals surface area (Å²) in [6.45, 7) is 6.39. The molecule has 0 radical (unpaired) electrons. The van der Waals surface area contributed by atoms with E-state index in [0.29, 0.717) is 0 Å². The Bertz CT molecular complexity index is 881. The molecule has 2 aromatic rings. The second kappa shape index (κ2) is 8.39. The van der Waals surface area contributed by atoms with E-state index in [9.17, 15) is 4.79 Å². The van der Waals surface area contributed by atoms with E-state index in [0.717, 1.165) is 40.6 Å². The van der Waals surface area contributed by atoms with E-state index >= 15 is 0 Å². The van der Waals surface area contributed by atoms with Crippen LogP contribution < -0.4 is 10.6 Å². The van der Waals surface area contributed by atoms with Gasteiger partial charge in [-0.15, -0.1) is 11.3 Å². The van der Waals surface area contributed by atoms with Crippen molar-refractivity contribution in [1.29, 1.82) is 0 Å². The Hall–Kier alpha value is -2.60. The summed E-state index contributed by atoms with van der Waals surface area (Å²) in [5.41, 5.74) is 2.97. The highest BCUT2D eigenvalue weighted by atomic mass is 32.1. The minimum absolute atomic E-state index is 0.0356. The maximum atomic E-state index is 10.8. The Morgan fingerprint density at radius 1 is 1.26 bits per heavy atom. The number of thiophene rings is 1. The predicted octanol–water partition coefficient (Wildman–Crippen LogP) is 4.55. The Kier molecular flexibility index (Phi) is 5.96. The fourth-order valence-corrected chi connectivity index (χ4v) is 3.96. The second-order valence-electron chi connectivity index (χ2n) is 6.73. The maximum absolute atomic E-state index is 10.8. The number of nitrogens with zero attached hydrogens (tertiary/aromatic N) is 1. The van der Waals surface area contributed by atoms with Gasteiger partial charge in [0.15, 0.2) is 0 Å². The number of benzene rings is 1. The largest absolute Gasteiger partial charge is 0.481 e. The first-order valence-corrected chi connectivity index (χ1v) is 10.0. The molecule has 142 valence electrons. The number of amidine groups is 1. The third-order valence-corrected chi connectivity index (χ3v) is 5.47. The number of nitrogens with one attached hydrogen (secondary N) is 2. The third kappa shape index (κ3) is 4.77. The van der Waals surface area contributed by atoms with Gasteiger partial charge in [-0.2, -0.15) is 0 Å². The molecule has 0 bridgehead atoms. The Morgan fingerprint density at radius 3 is 2.59 bits per heavy atom. The number of anilines is 1. The number of rotatable bonds is 7. The number of aliphatic carboxylic acids is 1. The molecule has 2 heterocycles. The molecule has 1 aliphatic heterocycles. The molecule has 3 N–H and O–H groups in total. The standard InChI is InChI=1S/C21H25N3O2S/c1-4-5-17-14(3)22-21(18-11-6-13(2)27-18)24-20(17)23-16-9-7-15(8-10-16)12-19(25)26/h6-11,14,23H,4-5,12H2,1-3H3,(H,22,24)(H,25,26). The minimum atomic E-state index is -0.821. The van der Waals surface area contributed by atoms with Crippen LogP contribution in [0, 0.1) is 6.92 Å². The number of carboxylic acids is 1. The van der Waals surface area contributed by atoms with Crippen molar-refractivity contribution >= 4 is 28.8 Å². The summed E-state index contributed by atoms with van der Waals surface area (Å²) in [6, 6.07) is 11.8. The Morgan fingerprint density at radius 2 is 2.00 bits per heavy atom. The van der Waals surface area contributed by atoms with E-state index in [1.807, 2.05) is 24.3 Å². The van der Waals surface area contributed by atoms with Gasteiger partial charge < -0.3 is 15.7 Å². The molecule has 1 aromatic carbocycles. The van der Waals surface area contributed by atoms with E-state index < -0.39 is 5.97 Å². The van der Waals surface area contributed by atoms with Crippen LogP contribution in [0.4, 0.5) is 5.69 Å². The van der Waals surface area contributed by atoms with Crippen molar-refractivity contribution in [2.75, 3.05) is 5.32 Å². The van der Waals surface area contributed by atoms with Gasteiger partial charge in [-0.05, 0) is 55.7 Å². The molecule has 3 rings (SSSR count). The Balaban J connectivity index is 1.83. The fourth-order valence-electron chi connectivity index (χ4n) is 3.14. The summed E-state index contributed by atoms with van der Waals surface area (Å²) in [6.07, 6.45) is 2.05. The van der Waals surface area contributed by atoms with E-state index in [-0.39, 0.29) is 12.5 Å². The molecular formula is C21H25N3O2S. The van der Waals surface area contributed by atoms with E-state index in [1.165, 1.54) is 10.5 Å². The number of aliphatic imine (C=N–C) groups is 1. The van der Waals surface area contributed by atoms with Crippen LogP contribution in [0.3, 0.4) is 0 Å². The molecule has 1 aromatic heterocycles. The molecule has 0 spiro atoms. The molecule has 1 unspecified atom stereocenters. The van der Waals surface area contributed by atoms with E-state index in [2.05, 4.69) is 43.5 Å². The van der Waals surface area contributed by atoms with Gasteiger partial charge in [-0.25, -0.2) is 0 Å². The number of hydrogen-bond donors (Lipinski definition) is 3. The normalized spacial score (nSPS) is 16.7. The number of aryl methyl sites for hydroxylation is 1. The van der Waals surface area contributed by atoms with Crippen molar-refractivity contribution in [3.63, 3.8) is 0 Å². The summed E-state index contributed by atoms with van der Waals surface area (Å²) in [4.78, 5) is 18.1. The van der Waals surface area contributed by atoms with Gasteiger partial charge >= 0.3 is 5.97 Å². The first-order valence-electron chi connectivity index (χ1n) is 9.18. The SMILES string of the molecule is CCCC1=C(Nc2ccc(CC(=O)O)cc2)NC(c2ccc(C)s2)=NC1C. The lowest BCUT2D eigenvalue weighted by Gasteiger charge is -2.27. The molecule has 0 fully saturated rings. The van der Waals surface area contributed by atoms with Gasteiger partial charge in [0, 0.05) is 10.6 Å². The van der Waals surface area contributed by atoms with Gasteiger partial charge in [0.05, 0.1) is 17.3 Å². The molecule has 5 nitrogen and oxygen atoms in total. The van der Waals surface area contributed by atoms with Crippen LogP contribution in [0.25, 0.3) is 0 Å². The third-order valence-electron chi connectivity index (χ3n) is 4.46. The van der Waals surface area contributed by atoms with Crippen molar-refractivity contribution in [1.82, 2.24) is 5.32 Å². The first-order chi connectivity index (χ1) is 13.0. The van der Waals surface area contributed by atoms with Crippen LogP contribution in [0.15, 0.2) is 52.8 Å². The van der Waals surface area contributed by atoms with Crippen molar-refractivity contribution < 1.29 is 9.90 Å². The summed E-state index contributed by atoms with van der Waals surface area (Å²) in [5.74, 6) is 1.05. The van der Waals surface area contributed by atoms with Gasteiger partial charge in [-0.1, -0.05) is 25.5 Å². The van der Waals surface area contributed by atoms with E-state index in [4.69, 9.17) is 10.1 Å². The highest BCUT2D eigenvalue weighted by molar-refractivity contribution is 7.14. The van der Waals surface area contributed by atoms with Crippen molar-refractivity contribution in [3.05, 3.63) is 63.1 Å².